The van der Waals surface area contributed by atoms with Gasteiger partial charge in [-0.1, -0.05) is 0 Å². The molecule has 0 radical (unpaired) electrons. The first kappa shape index (κ1) is 12.7. The molecule has 1 aromatic rings. The molecule has 0 spiro atoms. The maximum Gasteiger partial charge on any atom is 0.393 e. The van der Waals surface area contributed by atoms with Crippen molar-refractivity contribution in [3.63, 3.8) is 0 Å². The Bertz CT molecular complexity index is 469. The zero-order chi connectivity index (χ0) is 13.5. The number of imidazole rings is 1. The summed E-state index contributed by atoms with van der Waals surface area (Å²) in [7, 11) is 0. The number of alkyl halides is 3. The Morgan fingerprint density at radius 2 is 2.33 bits per heavy atom. The molecule has 1 heterocycles. The first-order valence-corrected chi connectivity index (χ1v) is 5.42. The van der Waals surface area contributed by atoms with E-state index in [0.717, 1.165) is 6.33 Å². The summed E-state index contributed by atoms with van der Waals surface area (Å²) in [4.78, 5) is 15.1. The number of halogens is 3. The molecule has 1 aromatic heterocycles. The Hall–Kier alpha value is -1.73. The Morgan fingerprint density at radius 1 is 1.67 bits per heavy atom. The van der Waals surface area contributed by atoms with Gasteiger partial charge in [0.2, 0.25) is 0 Å². The molecule has 0 amide bonds. The number of nitrogens with two attached hydrogens (primary N) is 1. The van der Waals surface area contributed by atoms with Gasteiger partial charge in [0.1, 0.15) is 5.82 Å². The molecule has 100 valence electrons. The van der Waals surface area contributed by atoms with Crippen LogP contribution in [0.1, 0.15) is 29.9 Å². The first-order chi connectivity index (χ1) is 8.36. The number of rotatable bonds is 3. The second-order valence-electron chi connectivity index (χ2n) is 4.06. The molecule has 0 saturated heterocycles. The summed E-state index contributed by atoms with van der Waals surface area (Å²) in [5, 5.41) is 0. The van der Waals surface area contributed by atoms with Gasteiger partial charge in [0, 0.05) is 6.04 Å². The van der Waals surface area contributed by atoms with E-state index in [1.54, 1.807) is 6.92 Å². The van der Waals surface area contributed by atoms with Crippen LogP contribution in [0.5, 0.6) is 0 Å². The third kappa shape index (κ3) is 2.14. The lowest BCUT2D eigenvalue weighted by Crippen LogP contribution is -2.14. The quantitative estimate of drug-likeness (QED) is 0.844. The van der Waals surface area contributed by atoms with Crippen molar-refractivity contribution in [3.8, 4) is 0 Å². The molecule has 1 aliphatic carbocycles. The molecule has 8 heteroatoms. The van der Waals surface area contributed by atoms with Gasteiger partial charge in [0.15, 0.2) is 5.69 Å². The lowest BCUT2D eigenvalue weighted by atomic mass is 10.4. The van der Waals surface area contributed by atoms with Crippen LogP contribution in [-0.2, 0) is 4.74 Å². The second kappa shape index (κ2) is 4.18. The van der Waals surface area contributed by atoms with Crippen LogP contribution in [-0.4, -0.2) is 28.3 Å². The summed E-state index contributed by atoms with van der Waals surface area (Å²) in [5.74, 6) is -2.22. The fraction of sp³-hybridized carbons (Fsp3) is 0.600. The largest absolute Gasteiger partial charge is 0.461 e. The number of carbonyl (C=O) groups excluding carboxylic acids is 1. The van der Waals surface area contributed by atoms with Crippen molar-refractivity contribution in [1.82, 2.24) is 9.55 Å². The summed E-state index contributed by atoms with van der Waals surface area (Å²) >= 11 is 0. The van der Waals surface area contributed by atoms with Crippen LogP contribution in [0.4, 0.5) is 19.0 Å². The molecule has 0 aromatic carbocycles. The topological polar surface area (TPSA) is 70.1 Å². The van der Waals surface area contributed by atoms with E-state index in [2.05, 4.69) is 4.98 Å². The standard InChI is InChI=1S/C10H12F3N3O2/c1-2-18-9(17)7-8(14)16(4-15-7)6-3-5(6)10(11,12)13/h4-6H,2-3,14H2,1H3/t5-,6?/m0/s1. The summed E-state index contributed by atoms with van der Waals surface area (Å²) in [6.45, 7) is 1.77. The van der Waals surface area contributed by atoms with Crippen molar-refractivity contribution < 1.29 is 22.7 Å². The lowest BCUT2D eigenvalue weighted by molar-refractivity contribution is -0.150. The SMILES string of the molecule is CCOC(=O)c1ncn(C2C[C@@H]2C(F)(F)F)c1N. The van der Waals surface area contributed by atoms with Crippen molar-refractivity contribution >= 4 is 11.8 Å². The third-order valence-electron chi connectivity index (χ3n) is 2.84. The fourth-order valence-electron chi connectivity index (χ4n) is 1.83. The molecule has 1 aliphatic rings. The number of nitrogens with zero attached hydrogens (tertiary/aromatic N) is 2. The van der Waals surface area contributed by atoms with Gasteiger partial charge in [-0.15, -0.1) is 0 Å². The summed E-state index contributed by atoms with van der Waals surface area (Å²) in [6, 6.07) is -0.763. The molecule has 5 nitrogen and oxygen atoms in total. The van der Waals surface area contributed by atoms with Gasteiger partial charge in [-0.25, -0.2) is 9.78 Å². The number of hydrogen-bond donors (Lipinski definition) is 1. The van der Waals surface area contributed by atoms with Crippen molar-refractivity contribution in [3.05, 3.63) is 12.0 Å². The lowest BCUT2D eigenvalue weighted by Gasteiger charge is -2.07. The van der Waals surface area contributed by atoms with Gasteiger partial charge < -0.3 is 15.0 Å². The molecule has 0 aliphatic heterocycles. The van der Waals surface area contributed by atoms with Gasteiger partial charge in [0.05, 0.1) is 18.9 Å². The van der Waals surface area contributed by atoms with E-state index in [1.807, 2.05) is 0 Å². The second-order valence-corrected chi connectivity index (χ2v) is 4.06. The number of nitrogen functional groups attached to an aromatic ring is 1. The van der Waals surface area contributed by atoms with Crippen LogP contribution in [0.2, 0.25) is 0 Å². The molecule has 2 atom stereocenters. The van der Waals surface area contributed by atoms with E-state index in [1.165, 1.54) is 4.57 Å². The van der Waals surface area contributed by atoms with E-state index in [0.29, 0.717) is 0 Å². The normalized spacial score (nSPS) is 22.9. The number of carbonyl (C=O) groups is 1. The highest BCUT2D eigenvalue weighted by Gasteiger charge is 2.57. The Balaban J connectivity index is 2.16. The summed E-state index contributed by atoms with van der Waals surface area (Å²) in [6.07, 6.45) is -3.13. The van der Waals surface area contributed by atoms with E-state index in [9.17, 15) is 18.0 Å². The summed E-state index contributed by atoms with van der Waals surface area (Å²) in [5.41, 5.74) is 5.48. The minimum Gasteiger partial charge on any atom is -0.461 e. The van der Waals surface area contributed by atoms with Crippen molar-refractivity contribution in [1.29, 1.82) is 0 Å². The zero-order valence-electron chi connectivity index (χ0n) is 9.57. The van der Waals surface area contributed by atoms with Gasteiger partial charge in [-0.3, -0.25) is 0 Å². The maximum atomic E-state index is 12.4. The van der Waals surface area contributed by atoms with Crippen LogP contribution >= 0.6 is 0 Å². The number of hydrogen-bond acceptors (Lipinski definition) is 4. The smallest absolute Gasteiger partial charge is 0.393 e. The van der Waals surface area contributed by atoms with Crippen LogP contribution in [0, 0.1) is 5.92 Å². The molecule has 1 saturated carbocycles. The number of esters is 1. The zero-order valence-corrected chi connectivity index (χ0v) is 9.57. The fourth-order valence-corrected chi connectivity index (χ4v) is 1.83. The predicted octanol–water partition coefficient (Wildman–Crippen LogP) is 1.77. The third-order valence-corrected chi connectivity index (χ3v) is 2.84. The highest BCUT2D eigenvalue weighted by molar-refractivity contribution is 5.92. The van der Waals surface area contributed by atoms with Crippen LogP contribution < -0.4 is 5.73 Å². The van der Waals surface area contributed by atoms with Gasteiger partial charge >= 0.3 is 12.1 Å². The van der Waals surface area contributed by atoms with Crippen molar-refractivity contribution in [2.75, 3.05) is 12.3 Å². The van der Waals surface area contributed by atoms with Crippen molar-refractivity contribution in [2.45, 2.75) is 25.6 Å². The van der Waals surface area contributed by atoms with Gasteiger partial charge in [-0.05, 0) is 13.3 Å². The molecule has 18 heavy (non-hydrogen) atoms. The molecule has 2 N–H and O–H groups in total. The monoisotopic (exact) mass is 263 g/mol. The molecule has 1 unspecified atom stereocenters. The molecule has 0 bridgehead atoms. The van der Waals surface area contributed by atoms with E-state index < -0.39 is 24.1 Å². The van der Waals surface area contributed by atoms with Crippen LogP contribution in [0.3, 0.4) is 0 Å². The highest BCUT2D eigenvalue weighted by atomic mass is 19.4. The minimum atomic E-state index is -4.24. The highest BCUT2D eigenvalue weighted by Crippen LogP contribution is 2.54. The van der Waals surface area contributed by atoms with Gasteiger partial charge in [-0.2, -0.15) is 13.2 Å². The maximum absolute atomic E-state index is 12.4. The Labute approximate surface area is 101 Å². The molecule has 1 fully saturated rings. The van der Waals surface area contributed by atoms with Crippen LogP contribution in [0.25, 0.3) is 0 Å². The molecular formula is C10H12F3N3O2. The van der Waals surface area contributed by atoms with E-state index in [-0.39, 0.29) is 24.5 Å². The average Bonchev–Trinajstić information content (AvgIpc) is 2.97. The predicted molar refractivity (Wildman–Crippen MR) is 55.8 cm³/mol. The Kier molecular flexibility index (Phi) is 2.95. The minimum absolute atomic E-state index is 0.0354. The number of ether oxygens (including phenoxy) is 1. The van der Waals surface area contributed by atoms with E-state index in [4.69, 9.17) is 10.5 Å². The van der Waals surface area contributed by atoms with Crippen molar-refractivity contribution in [2.24, 2.45) is 5.92 Å². The summed E-state index contributed by atoms with van der Waals surface area (Å²) < 4.78 is 43.2. The van der Waals surface area contributed by atoms with Crippen LogP contribution in [0.15, 0.2) is 6.33 Å². The average molecular weight is 263 g/mol. The van der Waals surface area contributed by atoms with E-state index >= 15 is 0 Å². The Morgan fingerprint density at radius 3 is 2.83 bits per heavy atom. The molecule has 2 rings (SSSR count). The first-order valence-electron chi connectivity index (χ1n) is 5.42. The molecular weight excluding hydrogens is 251 g/mol. The number of anilines is 1. The number of aromatic nitrogens is 2. The van der Waals surface area contributed by atoms with Gasteiger partial charge in [0.25, 0.3) is 0 Å².